The molecule has 3 aromatic rings. The molecule has 0 saturated carbocycles. The monoisotopic (exact) mass is 333 g/mol. The van der Waals surface area contributed by atoms with Gasteiger partial charge in [-0.2, -0.15) is 0 Å². The first-order valence-electron chi connectivity index (χ1n) is 7.38. The fourth-order valence-electron chi connectivity index (χ4n) is 2.17. The number of hydrogen-bond acceptors (Lipinski definition) is 3. The summed E-state index contributed by atoms with van der Waals surface area (Å²) in [6, 6.07) is 18.3. The largest absolute Gasteiger partial charge is 0.488 e. The number of thiophene rings is 1. The highest BCUT2D eigenvalue weighted by Crippen LogP contribution is 2.18. The molecule has 0 radical (unpaired) electrons. The fraction of sp³-hybridized carbons (Fsp3) is 0.0500. The van der Waals surface area contributed by atoms with Crippen LogP contribution < -0.4 is 10.1 Å². The number of rotatable bonds is 5. The van der Waals surface area contributed by atoms with Crippen LogP contribution in [0, 0.1) is 12.3 Å². The fourth-order valence-corrected chi connectivity index (χ4v) is 2.78. The Kier molecular flexibility index (Phi) is 4.95. The van der Waals surface area contributed by atoms with E-state index in [1.54, 1.807) is 41.7 Å². The van der Waals surface area contributed by atoms with Crippen LogP contribution in [0.15, 0.2) is 66.0 Å². The molecular weight excluding hydrogens is 318 g/mol. The Labute approximate surface area is 144 Å². The molecule has 24 heavy (non-hydrogen) atoms. The van der Waals surface area contributed by atoms with E-state index in [4.69, 9.17) is 11.2 Å². The minimum absolute atomic E-state index is 0.203. The summed E-state index contributed by atoms with van der Waals surface area (Å²) in [5.41, 5.74) is 1.92. The molecule has 0 aliphatic carbocycles. The molecule has 0 bridgehead atoms. The standard InChI is InChI=1S/C20H15NO2S/c1-2-15-6-3-8-17(12-15)21-20(22)16-7-4-9-18(13-16)23-14-19-10-5-11-24-19/h1,3-13H,14H2,(H,21,22). The van der Waals surface area contributed by atoms with Gasteiger partial charge in [-0.05, 0) is 47.8 Å². The number of anilines is 1. The lowest BCUT2D eigenvalue weighted by atomic mass is 10.1. The molecule has 0 aliphatic heterocycles. The third-order valence-electron chi connectivity index (χ3n) is 3.34. The van der Waals surface area contributed by atoms with E-state index >= 15 is 0 Å². The zero-order valence-corrected chi connectivity index (χ0v) is 13.7. The zero-order valence-electron chi connectivity index (χ0n) is 12.9. The summed E-state index contributed by atoms with van der Waals surface area (Å²) in [7, 11) is 0. The van der Waals surface area contributed by atoms with E-state index < -0.39 is 0 Å². The first-order valence-corrected chi connectivity index (χ1v) is 8.26. The summed E-state index contributed by atoms with van der Waals surface area (Å²) < 4.78 is 5.73. The normalized spacial score (nSPS) is 9.96. The second-order valence-electron chi connectivity index (χ2n) is 5.08. The van der Waals surface area contributed by atoms with Crippen LogP contribution in [0.4, 0.5) is 5.69 Å². The van der Waals surface area contributed by atoms with Crippen molar-refractivity contribution in [2.24, 2.45) is 0 Å². The summed E-state index contributed by atoms with van der Waals surface area (Å²) in [5.74, 6) is 3.01. The lowest BCUT2D eigenvalue weighted by Gasteiger charge is -2.08. The second kappa shape index (κ2) is 7.49. The summed E-state index contributed by atoms with van der Waals surface area (Å²) in [6.45, 7) is 0.493. The van der Waals surface area contributed by atoms with Crippen LogP contribution in [-0.2, 0) is 6.61 Å². The molecule has 0 fully saturated rings. The molecule has 118 valence electrons. The number of benzene rings is 2. The van der Waals surface area contributed by atoms with Crippen molar-refractivity contribution in [3.63, 3.8) is 0 Å². The van der Waals surface area contributed by atoms with E-state index in [-0.39, 0.29) is 5.91 Å². The zero-order chi connectivity index (χ0) is 16.8. The van der Waals surface area contributed by atoms with Gasteiger partial charge >= 0.3 is 0 Å². The Balaban J connectivity index is 1.68. The Morgan fingerprint density at radius 2 is 2.00 bits per heavy atom. The van der Waals surface area contributed by atoms with Gasteiger partial charge in [0.25, 0.3) is 5.91 Å². The molecule has 0 aliphatic rings. The number of terminal acetylenes is 1. The molecule has 2 aromatic carbocycles. The summed E-state index contributed by atoms with van der Waals surface area (Å²) in [4.78, 5) is 13.5. The third-order valence-corrected chi connectivity index (χ3v) is 4.19. The predicted molar refractivity (Wildman–Crippen MR) is 97.4 cm³/mol. The van der Waals surface area contributed by atoms with Crippen molar-refractivity contribution in [3.05, 3.63) is 82.0 Å². The second-order valence-corrected chi connectivity index (χ2v) is 6.11. The van der Waals surface area contributed by atoms with E-state index in [2.05, 4.69) is 11.2 Å². The molecule has 1 heterocycles. The number of carbonyl (C=O) groups excluding carboxylic acids is 1. The van der Waals surface area contributed by atoms with Gasteiger partial charge in [-0.25, -0.2) is 0 Å². The molecule has 3 rings (SSSR count). The summed E-state index contributed by atoms with van der Waals surface area (Å²) in [6.07, 6.45) is 5.38. The minimum Gasteiger partial charge on any atom is -0.488 e. The van der Waals surface area contributed by atoms with Crippen molar-refractivity contribution in [1.29, 1.82) is 0 Å². The predicted octanol–water partition coefficient (Wildman–Crippen LogP) is 4.56. The maximum Gasteiger partial charge on any atom is 0.255 e. The molecule has 0 saturated heterocycles. The third kappa shape index (κ3) is 4.03. The molecule has 0 spiro atoms. The first kappa shape index (κ1) is 15.9. The Morgan fingerprint density at radius 3 is 2.79 bits per heavy atom. The van der Waals surface area contributed by atoms with Gasteiger partial charge in [-0.1, -0.05) is 24.1 Å². The SMILES string of the molecule is C#Cc1cccc(NC(=O)c2cccc(OCc3cccs3)c2)c1. The van der Waals surface area contributed by atoms with Gasteiger partial charge < -0.3 is 10.1 Å². The van der Waals surface area contributed by atoms with Gasteiger partial charge in [0.05, 0.1) is 0 Å². The van der Waals surface area contributed by atoms with Gasteiger partial charge in [0, 0.05) is 21.7 Å². The highest BCUT2D eigenvalue weighted by atomic mass is 32.1. The van der Waals surface area contributed by atoms with Crippen molar-refractivity contribution in [2.45, 2.75) is 6.61 Å². The quantitative estimate of drug-likeness (QED) is 0.695. The topological polar surface area (TPSA) is 38.3 Å². The van der Waals surface area contributed by atoms with Crippen LogP contribution in [0.5, 0.6) is 5.75 Å². The number of nitrogens with one attached hydrogen (secondary N) is 1. The summed E-state index contributed by atoms with van der Waals surface area (Å²) in [5, 5.41) is 4.85. The molecule has 0 atom stereocenters. The average molecular weight is 333 g/mol. The van der Waals surface area contributed by atoms with E-state index in [0.717, 1.165) is 10.4 Å². The van der Waals surface area contributed by atoms with Gasteiger partial charge in [-0.3, -0.25) is 4.79 Å². The maximum absolute atomic E-state index is 12.4. The van der Waals surface area contributed by atoms with Crippen molar-refractivity contribution in [2.75, 3.05) is 5.32 Å². The van der Waals surface area contributed by atoms with Crippen molar-refractivity contribution < 1.29 is 9.53 Å². The molecule has 0 unspecified atom stereocenters. The van der Waals surface area contributed by atoms with E-state index in [0.29, 0.717) is 23.6 Å². The van der Waals surface area contributed by atoms with Crippen LogP contribution in [0.2, 0.25) is 0 Å². The summed E-state index contributed by atoms with van der Waals surface area (Å²) >= 11 is 1.64. The van der Waals surface area contributed by atoms with E-state index in [1.807, 2.05) is 35.7 Å². The number of hydrogen-bond donors (Lipinski definition) is 1. The van der Waals surface area contributed by atoms with Crippen LogP contribution in [0.3, 0.4) is 0 Å². The van der Waals surface area contributed by atoms with Crippen LogP contribution in [-0.4, -0.2) is 5.91 Å². The van der Waals surface area contributed by atoms with Gasteiger partial charge in [0.1, 0.15) is 12.4 Å². The minimum atomic E-state index is -0.203. The highest BCUT2D eigenvalue weighted by Gasteiger charge is 2.08. The number of carbonyl (C=O) groups is 1. The van der Waals surface area contributed by atoms with Crippen molar-refractivity contribution >= 4 is 22.9 Å². The number of ether oxygens (including phenoxy) is 1. The Hall–Kier alpha value is -3.03. The van der Waals surface area contributed by atoms with Gasteiger partial charge in [-0.15, -0.1) is 17.8 Å². The Morgan fingerprint density at radius 1 is 1.12 bits per heavy atom. The van der Waals surface area contributed by atoms with Crippen LogP contribution in [0.1, 0.15) is 20.8 Å². The van der Waals surface area contributed by atoms with Crippen molar-refractivity contribution in [1.82, 2.24) is 0 Å². The van der Waals surface area contributed by atoms with Gasteiger partial charge in [0.2, 0.25) is 0 Å². The van der Waals surface area contributed by atoms with Crippen LogP contribution in [0.25, 0.3) is 0 Å². The Bertz CT molecular complexity index is 879. The first-order chi connectivity index (χ1) is 11.7. The van der Waals surface area contributed by atoms with E-state index in [1.165, 1.54) is 0 Å². The lowest BCUT2D eigenvalue weighted by molar-refractivity contribution is 0.102. The average Bonchev–Trinajstić information content (AvgIpc) is 3.14. The highest BCUT2D eigenvalue weighted by molar-refractivity contribution is 7.09. The van der Waals surface area contributed by atoms with Gasteiger partial charge in [0.15, 0.2) is 0 Å². The molecule has 4 heteroatoms. The molecule has 3 nitrogen and oxygen atoms in total. The molecule has 1 N–H and O–H groups in total. The van der Waals surface area contributed by atoms with E-state index in [9.17, 15) is 4.79 Å². The smallest absolute Gasteiger partial charge is 0.255 e. The molecular formula is C20H15NO2S. The molecule has 1 amide bonds. The number of amides is 1. The maximum atomic E-state index is 12.4. The van der Waals surface area contributed by atoms with Crippen molar-refractivity contribution in [3.8, 4) is 18.1 Å². The lowest BCUT2D eigenvalue weighted by Crippen LogP contribution is -2.12. The van der Waals surface area contributed by atoms with Crippen LogP contribution >= 0.6 is 11.3 Å². The molecule has 1 aromatic heterocycles.